The van der Waals surface area contributed by atoms with E-state index in [1.54, 1.807) is 12.1 Å². The van der Waals surface area contributed by atoms with Gasteiger partial charge in [0, 0.05) is 6.07 Å². The zero-order valence-corrected chi connectivity index (χ0v) is 9.86. The minimum atomic E-state index is -0.00490. The molecule has 0 spiro atoms. The topological polar surface area (TPSA) is 110 Å². The Morgan fingerprint density at radius 2 is 2.26 bits per heavy atom. The quantitative estimate of drug-likeness (QED) is 0.727. The van der Waals surface area contributed by atoms with Crippen molar-refractivity contribution in [2.75, 3.05) is 7.11 Å². The second kappa shape index (κ2) is 4.41. The van der Waals surface area contributed by atoms with Crippen LogP contribution in [0.2, 0.25) is 0 Å². The molecule has 0 radical (unpaired) electrons. The number of benzene rings is 1. The third-order valence-corrected chi connectivity index (χ3v) is 2.51. The van der Waals surface area contributed by atoms with E-state index < -0.39 is 0 Å². The van der Waals surface area contributed by atoms with Gasteiger partial charge in [-0.05, 0) is 12.1 Å². The van der Waals surface area contributed by atoms with E-state index in [1.807, 2.05) is 0 Å². The van der Waals surface area contributed by atoms with E-state index in [0.717, 1.165) is 0 Å². The monoisotopic (exact) mass is 259 g/mol. The summed E-state index contributed by atoms with van der Waals surface area (Å²) in [6, 6.07) is 4.79. The number of hydrogen-bond acceptors (Lipinski definition) is 7. The Kier molecular flexibility index (Phi) is 2.60. The molecule has 0 unspecified atom stereocenters. The van der Waals surface area contributed by atoms with Gasteiger partial charge in [0.2, 0.25) is 5.82 Å². The molecule has 0 aliphatic rings. The standard InChI is InChI=1S/C11H9N5O3/c1-18-6-2-3-7(9(17)4-6)11-13-10(15-19-11)8-5-12-16-14-8/h2-5,17H,1H3,(H,12,14,16). The van der Waals surface area contributed by atoms with Gasteiger partial charge in [0.05, 0.1) is 18.9 Å². The fourth-order valence-electron chi connectivity index (χ4n) is 1.57. The lowest BCUT2D eigenvalue weighted by Gasteiger charge is -2.02. The summed E-state index contributed by atoms with van der Waals surface area (Å²) in [6.45, 7) is 0. The summed E-state index contributed by atoms with van der Waals surface area (Å²) in [5.41, 5.74) is 0.881. The van der Waals surface area contributed by atoms with Gasteiger partial charge in [-0.15, -0.1) is 0 Å². The lowest BCUT2D eigenvalue weighted by molar-refractivity contribution is 0.405. The molecule has 0 aliphatic heterocycles. The van der Waals surface area contributed by atoms with Crippen LogP contribution in [0, 0.1) is 0 Å². The Labute approximate surface area is 107 Å². The predicted molar refractivity (Wildman–Crippen MR) is 63.3 cm³/mol. The minimum absolute atomic E-state index is 0.00490. The Hall–Kier alpha value is -2.90. The van der Waals surface area contributed by atoms with Crippen LogP contribution >= 0.6 is 0 Å². The van der Waals surface area contributed by atoms with Crippen LogP contribution in [0.3, 0.4) is 0 Å². The van der Waals surface area contributed by atoms with Crippen molar-refractivity contribution in [1.29, 1.82) is 0 Å². The van der Waals surface area contributed by atoms with E-state index in [2.05, 4.69) is 25.6 Å². The Bertz CT molecular complexity index is 692. The highest BCUT2D eigenvalue weighted by Gasteiger charge is 2.15. The second-order valence-electron chi connectivity index (χ2n) is 3.66. The molecule has 19 heavy (non-hydrogen) atoms. The van der Waals surface area contributed by atoms with E-state index in [1.165, 1.54) is 19.4 Å². The second-order valence-corrected chi connectivity index (χ2v) is 3.66. The average Bonchev–Trinajstić information content (AvgIpc) is 3.09. The molecule has 0 aliphatic carbocycles. The molecule has 1 aromatic carbocycles. The van der Waals surface area contributed by atoms with Gasteiger partial charge in [-0.3, -0.25) is 0 Å². The van der Waals surface area contributed by atoms with Gasteiger partial charge in [0.25, 0.3) is 5.89 Å². The molecule has 3 aromatic rings. The van der Waals surface area contributed by atoms with Gasteiger partial charge in [0.1, 0.15) is 11.5 Å². The summed E-state index contributed by atoms with van der Waals surface area (Å²) < 4.78 is 10.1. The van der Waals surface area contributed by atoms with Crippen molar-refractivity contribution in [3.05, 3.63) is 24.4 Å². The number of aromatic hydroxyl groups is 1. The molecule has 8 nitrogen and oxygen atoms in total. The molecule has 0 fully saturated rings. The molecule has 0 atom stereocenters. The van der Waals surface area contributed by atoms with Crippen molar-refractivity contribution in [1.82, 2.24) is 25.6 Å². The smallest absolute Gasteiger partial charge is 0.262 e. The van der Waals surface area contributed by atoms with Crippen LogP contribution in [-0.4, -0.2) is 37.8 Å². The first kappa shape index (κ1) is 11.2. The van der Waals surface area contributed by atoms with Crippen molar-refractivity contribution in [3.63, 3.8) is 0 Å². The first-order valence-electron chi connectivity index (χ1n) is 5.35. The Morgan fingerprint density at radius 3 is 2.95 bits per heavy atom. The number of hydrogen-bond donors (Lipinski definition) is 2. The summed E-state index contributed by atoms with van der Waals surface area (Å²) in [6.07, 6.45) is 1.47. The van der Waals surface area contributed by atoms with E-state index in [-0.39, 0.29) is 11.6 Å². The van der Waals surface area contributed by atoms with E-state index in [0.29, 0.717) is 22.8 Å². The maximum absolute atomic E-state index is 9.87. The lowest BCUT2D eigenvalue weighted by atomic mass is 10.2. The lowest BCUT2D eigenvalue weighted by Crippen LogP contribution is -1.85. The molecule has 2 heterocycles. The maximum Gasteiger partial charge on any atom is 0.262 e. The first-order chi connectivity index (χ1) is 9.28. The number of nitrogens with one attached hydrogen (secondary N) is 1. The highest BCUT2D eigenvalue weighted by Crippen LogP contribution is 2.31. The molecule has 0 bridgehead atoms. The van der Waals surface area contributed by atoms with Crippen LogP contribution in [0.5, 0.6) is 11.5 Å². The van der Waals surface area contributed by atoms with Crippen LogP contribution in [0.25, 0.3) is 23.0 Å². The van der Waals surface area contributed by atoms with Gasteiger partial charge in [-0.25, -0.2) is 0 Å². The van der Waals surface area contributed by atoms with Crippen LogP contribution in [0.15, 0.2) is 28.9 Å². The molecule has 96 valence electrons. The number of rotatable bonds is 3. The highest BCUT2D eigenvalue weighted by atomic mass is 16.5. The molecule has 3 rings (SSSR count). The third-order valence-electron chi connectivity index (χ3n) is 2.51. The largest absolute Gasteiger partial charge is 0.507 e. The molecule has 8 heteroatoms. The summed E-state index contributed by atoms with van der Waals surface area (Å²) in [7, 11) is 1.52. The van der Waals surface area contributed by atoms with Gasteiger partial charge in [-0.2, -0.15) is 20.4 Å². The zero-order valence-electron chi connectivity index (χ0n) is 9.86. The number of nitrogens with zero attached hydrogens (tertiary/aromatic N) is 4. The van der Waals surface area contributed by atoms with E-state index >= 15 is 0 Å². The van der Waals surface area contributed by atoms with Crippen LogP contribution in [-0.2, 0) is 0 Å². The SMILES string of the molecule is COc1ccc(-c2nc(-c3cn[nH]n3)no2)c(O)c1. The van der Waals surface area contributed by atoms with Crippen molar-refractivity contribution in [3.8, 4) is 34.5 Å². The van der Waals surface area contributed by atoms with Crippen molar-refractivity contribution >= 4 is 0 Å². The molecule has 2 N–H and O–H groups in total. The summed E-state index contributed by atoms with van der Waals surface area (Å²) in [4.78, 5) is 4.14. The average molecular weight is 259 g/mol. The van der Waals surface area contributed by atoms with Crippen LogP contribution in [0.1, 0.15) is 0 Å². The van der Waals surface area contributed by atoms with E-state index in [4.69, 9.17) is 9.26 Å². The molecule has 0 saturated carbocycles. The van der Waals surface area contributed by atoms with Crippen LogP contribution in [0.4, 0.5) is 0 Å². The number of methoxy groups -OCH3 is 1. The van der Waals surface area contributed by atoms with Gasteiger partial charge < -0.3 is 14.4 Å². The molecule has 2 aromatic heterocycles. The maximum atomic E-state index is 9.87. The number of phenolic OH excluding ortho intramolecular Hbond substituents is 1. The normalized spacial score (nSPS) is 10.6. The molecule has 0 saturated heterocycles. The zero-order chi connectivity index (χ0) is 13.2. The fraction of sp³-hybridized carbons (Fsp3) is 0.0909. The molecular formula is C11H9N5O3. The Balaban J connectivity index is 1.99. The molecule has 0 amide bonds. The number of aromatic amines is 1. The van der Waals surface area contributed by atoms with Gasteiger partial charge in [0.15, 0.2) is 5.69 Å². The van der Waals surface area contributed by atoms with Crippen molar-refractivity contribution in [2.45, 2.75) is 0 Å². The van der Waals surface area contributed by atoms with Gasteiger partial charge in [-0.1, -0.05) is 5.16 Å². The first-order valence-corrected chi connectivity index (χ1v) is 5.35. The number of aromatic nitrogens is 5. The van der Waals surface area contributed by atoms with Crippen molar-refractivity contribution < 1.29 is 14.4 Å². The Morgan fingerprint density at radius 1 is 1.37 bits per heavy atom. The minimum Gasteiger partial charge on any atom is -0.507 e. The summed E-state index contributed by atoms with van der Waals surface area (Å²) in [5, 5.41) is 23.6. The summed E-state index contributed by atoms with van der Waals surface area (Å²) in [5.74, 6) is 1.02. The third kappa shape index (κ3) is 1.99. The predicted octanol–water partition coefficient (Wildman–Crippen LogP) is 1.24. The molecular weight excluding hydrogens is 250 g/mol. The number of phenols is 1. The van der Waals surface area contributed by atoms with E-state index in [9.17, 15) is 5.11 Å². The highest BCUT2D eigenvalue weighted by molar-refractivity contribution is 5.65. The van der Waals surface area contributed by atoms with Gasteiger partial charge >= 0.3 is 0 Å². The fourth-order valence-corrected chi connectivity index (χ4v) is 1.57. The van der Waals surface area contributed by atoms with Crippen LogP contribution < -0.4 is 4.74 Å². The number of ether oxygens (including phenoxy) is 1. The number of H-pyrrole nitrogens is 1. The summed E-state index contributed by atoms with van der Waals surface area (Å²) >= 11 is 0. The van der Waals surface area contributed by atoms with Crippen molar-refractivity contribution in [2.24, 2.45) is 0 Å².